The van der Waals surface area contributed by atoms with Gasteiger partial charge in [0.25, 0.3) is 21.6 Å². The van der Waals surface area contributed by atoms with Crippen LogP contribution in [-0.2, 0) is 10.0 Å². The molecule has 0 aliphatic rings. The van der Waals surface area contributed by atoms with Crippen LogP contribution in [0.3, 0.4) is 0 Å². The highest BCUT2D eigenvalue weighted by molar-refractivity contribution is 7.92. The van der Waals surface area contributed by atoms with Gasteiger partial charge in [0.2, 0.25) is 0 Å². The predicted octanol–water partition coefficient (Wildman–Crippen LogP) is 7.03. The molecule has 0 saturated carbocycles. The number of rotatable bonds is 8. The Hall–Kier alpha value is -4.26. The third kappa shape index (κ3) is 6.42. The summed E-state index contributed by atoms with van der Waals surface area (Å²) in [7, 11) is -4.27. The molecule has 0 unspecified atom stereocenters. The number of ether oxygens (including phenoxy) is 1. The summed E-state index contributed by atoms with van der Waals surface area (Å²) < 4.78 is 61.8. The lowest BCUT2D eigenvalue weighted by Crippen LogP contribution is -2.19. The molecule has 0 atom stereocenters. The zero-order chi connectivity index (χ0) is 28.3. The first-order valence-electron chi connectivity index (χ1n) is 10.7. The molecule has 4 aromatic carbocycles. The molecule has 9 nitrogen and oxygen atoms in total. The molecule has 0 bridgehead atoms. The Morgan fingerprint density at radius 3 is 2.31 bits per heavy atom. The minimum atomic E-state index is -4.27. The Balaban J connectivity index is 1.60. The van der Waals surface area contributed by atoms with E-state index in [1.54, 1.807) is 24.3 Å². The van der Waals surface area contributed by atoms with Gasteiger partial charge in [-0.25, -0.2) is 17.2 Å². The van der Waals surface area contributed by atoms with E-state index in [0.29, 0.717) is 28.7 Å². The zero-order valence-electron chi connectivity index (χ0n) is 19.3. The van der Waals surface area contributed by atoms with E-state index in [1.165, 1.54) is 36.4 Å². The summed E-state index contributed by atoms with van der Waals surface area (Å²) >= 11 is 12.0. The first kappa shape index (κ1) is 27.8. The average Bonchev–Trinajstić information content (AvgIpc) is 2.88. The van der Waals surface area contributed by atoms with Crippen molar-refractivity contribution in [3.8, 4) is 11.5 Å². The highest BCUT2D eigenvalue weighted by Gasteiger charge is 2.25. The molecule has 0 spiro atoms. The monoisotopic (exact) mass is 593 g/mol. The number of benzene rings is 4. The van der Waals surface area contributed by atoms with E-state index in [9.17, 15) is 32.1 Å². The van der Waals surface area contributed by atoms with Crippen molar-refractivity contribution in [2.45, 2.75) is 4.90 Å². The quantitative estimate of drug-likeness (QED) is 0.167. The van der Waals surface area contributed by atoms with E-state index in [-0.39, 0.29) is 21.2 Å². The van der Waals surface area contributed by atoms with Crippen molar-refractivity contribution in [2.24, 2.45) is 0 Å². The number of halogens is 4. The van der Waals surface area contributed by atoms with Gasteiger partial charge in [-0.3, -0.25) is 19.6 Å². The van der Waals surface area contributed by atoms with Crippen LogP contribution in [0.5, 0.6) is 11.5 Å². The van der Waals surface area contributed by atoms with E-state index in [1.807, 2.05) is 5.32 Å². The van der Waals surface area contributed by atoms with Crippen molar-refractivity contribution in [3.63, 3.8) is 0 Å². The molecule has 4 rings (SSSR count). The number of para-hydroxylation sites is 1. The van der Waals surface area contributed by atoms with Crippen LogP contribution >= 0.6 is 23.2 Å². The summed E-state index contributed by atoms with van der Waals surface area (Å²) in [5, 5.41) is 13.6. The molecule has 0 heterocycles. The normalized spacial score (nSPS) is 11.1. The SMILES string of the molecule is O=C(Nc1c(F)cc(F)cc1[N+](=O)[O-])c1cc(Cl)ccc1NS(=O)(=O)c1ccc(Oc2ccccc2Cl)cc1. The predicted molar refractivity (Wildman–Crippen MR) is 141 cm³/mol. The lowest BCUT2D eigenvalue weighted by atomic mass is 10.1. The number of sulfonamides is 1. The molecule has 200 valence electrons. The second-order valence-electron chi connectivity index (χ2n) is 7.79. The molecule has 0 radical (unpaired) electrons. The third-order valence-corrected chi connectivity index (χ3v) is 7.07. The van der Waals surface area contributed by atoms with Gasteiger partial charge in [-0.2, -0.15) is 0 Å². The van der Waals surface area contributed by atoms with E-state index < -0.39 is 43.9 Å². The number of carbonyl (C=O) groups is 1. The topological polar surface area (TPSA) is 128 Å². The summed E-state index contributed by atoms with van der Waals surface area (Å²) in [5.41, 5.74) is -2.60. The van der Waals surface area contributed by atoms with Crippen LogP contribution in [0, 0.1) is 21.7 Å². The summed E-state index contributed by atoms with van der Waals surface area (Å²) in [6.45, 7) is 0. The molecule has 0 aliphatic carbocycles. The van der Waals surface area contributed by atoms with Crippen molar-refractivity contribution in [3.05, 3.63) is 116 Å². The molecule has 0 aliphatic heterocycles. The number of hydrogen-bond donors (Lipinski definition) is 2. The molecule has 39 heavy (non-hydrogen) atoms. The van der Waals surface area contributed by atoms with Crippen LogP contribution < -0.4 is 14.8 Å². The second kappa shape index (κ2) is 11.2. The van der Waals surface area contributed by atoms with Gasteiger partial charge in [0.1, 0.15) is 17.3 Å². The number of hydrogen-bond acceptors (Lipinski definition) is 6. The van der Waals surface area contributed by atoms with Crippen molar-refractivity contribution in [1.82, 2.24) is 0 Å². The van der Waals surface area contributed by atoms with Gasteiger partial charge in [-0.15, -0.1) is 0 Å². The number of nitro benzene ring substituents is 1. The van der Waals surface area contributed by atoms with E-state index in [0.717, 1.165) is 6.07 Å². The van der Waals surface area contributed by atoms with Crippen molar-refractivity contribution < 1.29 is 31.7 Å². The largest absolute Gasteiger partial charge is 0.456 e. The van der Waals surface area contributed by atoms with Crippen molar-refractivity contribution in [1.29, 1.82) is 0 Å². The number of carbonyl (C=O) groups excluding carboxylic acids is 1. The second-order valence-corrected chi connectivity index (χ2v) is 10.3. The molecular formula is C25H15Cl2F2N3O6S. The van der Waals surface area contributed by atoms with E-state index >= 15 is 0 Å². The van der Waals surface area contributed by atoms with Gasteiger partial charge >= 0.3 is 0 Å². The molecule has 2 N–H and O–H groups in total. The van der Waals surface area contributed by atoms with Crippen LogP contribution in [0.4, 0.5) is 25.8 Å². The maximum Gasteiger partial charge on any atom is 0.298 e. The number of nitrogens with one attached hydrogen (secondary N) is 2. The van der Waals surface area contributed by atoms with Gasteiger partial charge in [-0.1, -0.05) is 35.3 Å². The average molecular weight is 594 g/mol. The summed E-state index contributed by atoms with van der Waals surface area (Å²) in [5.74, 6) is -3.11. The lowest BCUT2D eigenvalue weighted by Gasteiger charge is -2.14. The zero-order valence-corrected chi connectivity index (χ0v) is 21.7. The molecule has 0 aromatic heterocycles. The van der Waals surface area contributed by atoms with Crippen LogP contribution in [0.15, 0.2) is 83.8 Å². The van der Waals surface area contributed by atoms with E-state index in [2.05, 4.69) is 4.72 Å². The van der Waals surface area contributed by atoms with Crippen LogP contribution in [0.25, 0.3) is 0 Å². The van der Waals surface area contributed by atoms with Crippen LogP contribution in [0.2, 0.25) is 10.0 Å². The molecule has 14 heteroatoms. The van der Waals surface area contributed by atoms with Gasteiger partial charge in [0.15, 0.2) is 11.5 Å². The van der Waals surface area contributed by atoms with Gasteiger partial charge in [0, 0.05) is 11.1 Å². The Morgan fingerprint density at radius 2 is 1.64 bits per heavy atom. The van der Waals surface area contributed by atoms with Crippen molar-refractivity contribution >= 4 is 56.2 Å². The fourth-order valence-corrected chi connectivity index (χ4v) is 4.77. The highest BCUT2D eigenvalue weighted by atomic mass is 35.5. The maximum absolute atomic E-state index is 14.3. The van der Waals surface area contributed by atoms with Crippen molar-refractivity contribution in [2.75, 3.05) is 10.0 Å². The van der Waals surface area contributed by atoms with Crippen LogP contribution in [0.1, 0.15) is 10.4 Å². The Kier molecular flexibility index (Phi) is 8.00. The Bertz CT molecular complexity index is 1700. The number of amides is 1. The minimum Gasteiger partial charge on any atom is -0.456 e. The Morgan fingerprint density at radius 1 is 0.949 bits per heavy atom. The molecule has 0 saturated heterocycles. The first-order chi connectivity index (χ1) is 18.4. The highest BCUT2D eigenvalue weighted by Crippen LogP contribution is 2.32. The minimum absolute atomic E-state index is 0.0123. The number of anilines is 2. The molecule has 0 fully saturated rings. The van der Waals surface area contributed by atoms with Gasteiger partial charge in [-0.05, 0) is 54.6 Å². The maximum atomic E-state index is 14.3. The molecular weight excluding hydrogens is 579 g/mol. The smallest absolute Gasteiger partial charge is 0.298 e. The lowest BCUT2D eigenvalue weighted by molar-refractivity contribution is -0.384. The number of nitro groups is 1. The summed E-state index contributed by atoms with van der Waals surface area (Å²) in [4.78, 5) is 22.9. The van der Waals surface area contributed by atoms with Crippen LogP contribution in [-0.4, -0.2) is 19.2 Å². The van der Waals surface area contributed by atoms with E-state index in [4.69, 9.17) is 27.9 Å². The summed E-state index contributed by atoms with van der Waals surface area (Å²) in [6.07, 6.45) is 0. The summed E-state index contributed by atoms with van der Waals surface area (Å²) in [6, 6.07) is 16.3. The van der Waals surface area contributed by atoms with Gasteiger partial charge < -0.3 is 10.1 Å². The number of nitrogens with zero attached hydrogens (tertiary/aromatic N) is 1. The molecule has 4 aromatic rings. The van der Waals surface area contributed by atoms with Gasteiger partial charge in [0.05, 0.1) is 32.2 Å². The Labute approximate surface area is 230 Å². The first-order valence-corrected chi connectivity index (χ1v) is 13.0. The molecule has 1 amide bonds. The standard InChI is InChI=1S/C25H15Cl2F2N3O6S/c26-14-5-10-21(18(11-14)25(33)30-24-20(29)12-15(28)13-22(24)32(34)35)31-39(36,37)17-8-6-16(7-9-17)38-23-4-2-1-3-19(23)27/h1-13,31H,(H,30,33). The third-order valence-electron chi connectivity index (χ3n) is 5.14. The fraction of sp³-hybridized carbons (Fsp3) is 0. The fourth-order valence-electron chi connectivity index (χ4n) is 3.35.